The van der Waals surface area contributed by atoms with E-state index in [2.05, 4.69) is 98.8 Å². The third-order valence-electron chi connectivity index (χ3n) is 9.68. The van der Waals surface area contributed by atoms with Gasteiger partial charge in [0.2, 0.25) is 0 Å². The van der Waals surface area contributed by atoms with Gasteiger partial charge in [-0.1, -0.05) is 0 Å². The van der Waals surface area contributed by atoms with Crippen molar-refractivity contribution >= 4 is 12.2 Å². The summed E-state index contributed by atoms with van der Waals surface area (Å²) in [6, 6.07) is 27.8. The minimum absolute atomic E-state index is 0. The van der Waals surface area contributed by atoms with Crippen molar-refractivity contribution in [2.75, 3.05) is 0 Å². The number of aryl methyl sites for hydroxylation is 2. The molecule has 4 aliphatic rings. The van der Waals surface area contributed by atoms with Gasteiger partial charge in [-0.25, -0.2) is 0 Å². The number of rotatable bonds is 4. The molecule has 0 spiro atoms. The molecule has 8 rings (SSSR count). The Labute approximate surface area is 268 Å². The van der Waals surface area contributed by atoms with Crippen molar-refractivity contribution < 1.29 is 48.0 Å². The zero-order chi connectivity index (χ0) is 26.1. The van der Waals surface area contributed by atoms with Crippen LogP contribution in [0.2, 0.25) is 0 Å². The number of benzene rings is 4. The fourth-order valence-corrected chi connectivity index (χ4v) is 12.5. The molecule has 4 aliphatic carbocycles. The monoisotopic (exact) mass is 650 g/mol. The van der Waals surface area contributed by atoms with Gasteiger partial charge in [-0.15, -0.1) is 0 Å². The van der Waals surface area contributed by atoms with Crippen LogP contribution in [-0.4, -0.2) is 0 Å². The molecule has 0 saturated carbocycles. The second-order valence-electron chi connectivity index (χ2n) is 12.0. The van der Waals surface area contributed by atoms with Gasteiger partial charge < -0.3 is 24.8 Å². The van der Waals surface area contributed by atoms with E-state index in [1.807, 2.05) is 0 Å². The Morgan fingerprint density at radius 1 is 0.561 bits per heavy atom. The van der Waals surface area contributed by atoms with Crippen molar-refractivity contribution in [2.24, 2.45) is 0 Å². The van der Waals surface area contributed by atoms with Crippen LogP contribution < -0.4 is 24.8 Å². The normalized spacial score (nSPS) is 19.2. The molecule has 4 aromatic rings. The largest absolute Gasteiger partial charge is 1.00 e. The maximum Gasteiger partial charge on any atom is -1.00 e. The number of fused-ring (bicyclic) bond motifs is 4. The molecule has 41 heavy (non-hydrogen) atoms. The Hall–Kier alpha value is -2.18. The van der Waals surface area contributed by atoms with Crippen molar-refractivity contribution in [3.63, 3.8) is 0 Å². The first-order chi connectivity index (χ1) is 19.2. The van der Waals surface area contributed by atoms with Gasteiger partial charge in [-0.2, -0.15) is 0 Å². The van der Waals surface area contributed by atoms with Crippen molar-refractivity contribution in [3.8, 4) is 22.3 Å². The molecule has 0 fully saturated rings. The van der Waals surface area contributed by atoms with E-state index < -0.39 is 23.2 Å². The maximum atomic E-state index is 2.65. The third-order valence-corrected chi connectivity index (χ3v) is 15.1. The topological polar surface area (TPSA) is 0 Å². The van der Waals surface area contributed by atoms with E-state index in [0.29, 0.717) is 7.25 Å². The molecule has 3 heteroatoms. The Balaban J connectivity index is 0.00000151. The SMILES string of the molecule is CC1=Cc2c(cc3c(c2-c2ccccc2)CCC3)[CH]1[Zr+2][CH]1C(C)=Cc2c1cc1c(c2-c2ccccc2)CCC1.[Cl-].[Cl-]. The molecule has 0 radical (unpaired) electrons. The third kappa shape index (κ3) is 4.68. The van der Waals surface area contributed by atoms with E-state index in [1.54, 1.807) is 66.8 Å². The summed E-state index contributed by atoms with van der Waals surface area (Å²) < 4.78 is 1.31. The molecule has 2 unspecified atom stereocenters. The van der Waals surface area contributed by atoms with E-state index in [0.717, 1.165) is 0 Å². The first-order valence-electron chi connectivity index (χ1n) is 14.8. The molecule has 0 aromatic heterocycles. The molecular formula is C38H34Cl2Zr. The molecule has 0 N–H and O–H groups in total. The first-order valence-corrected chi connectivity index (χ1v) is 17.6. The summed E-state index contributed by atoms with van der Waals surface area (Å²) in [4.78, 5) is 0. The smallest absolute Gasteiger partial charge is 1.00 e. The van der Waals surface area contributed by atoms with Crippen LogP contribution in [0.15, 0.2) is 83.9 Å². The number of hydrogen-bond donors (Lipinski definition) is 0. The summed E-state index contributed by atoms with van der Waals surface area (Å²) in [6.45, 7) is 4.86. The Morgan fingerprint density at radius 2 is 0.976 bits per heavy atom. The predicted molar refractivity (Wildman–Crippen MR) is 161 cm³/mol. The number of hydrogen-bond acceptors (Lipinski definition) is 0. The number of allylic oxidation sites excluding steroid dienone is 2. The van der Waals surface area contributed by atoms with Crippen LogP contribution in [0.25, 0.3) is 34.4 Å². The zero-order valence-electron chi connectivity index (χ0n) is 23.7. The van der Waals surface area contributed by atoms with Crippen LogP contribution in [-0.2, 0) is 48.9 Å². The van der Waals surface area contributed by atoms with Crippen LogP contribution >= 0.6 is 0 Å². The maximum absolute atomic E-state index is 2.65. The van der Waals surface area contributed by atoms with Crippen molar-refractivity contribution in [1.29, 1.82) is 0 Å². The van der Waals surface area contributed by atoms with Gasteiger partial charge in [0, 0.05) is 0 Å². The minimum Gasteiger partial charge on any atom is -1.00 e. The van der Waals surface area contributed by atoms with Gasteiger partial charge in [-0.05, 0) is 0 Å². The summed E-state index contributed by atoms with van der Waals surface area (Å²) in [5, 5.41) is 0. The van der Waals surface area contributed by atoms with E-state index in [-0.39, 0.29) is 24.8 Å². The van der Waals surface area contributed by atoms with Gasteiger partial charge in [0.05, 0.1) is 0 Å². The first kappa shape index (κ1) is 28.9. The molecule has 0 bridgehead atoms. The van der Waals surface area contributed by atoms with E-state index >= 15 is 0 Å². The quantitative estimate of drug-likeness (QED) is 0.316. The van der Waals surface area contributed by atoms with E-state index in [9.17, 15) is 0 Å². The molecule has 0 aliphatic heterocycles. The second kappa shape index (κ2) is 11.5. The summed E-state index contributed by atoms with van der Waals surface area (Å²) >= 11 is -0.883. The van der Waals surface area contributed by atoms with Crippen LogP contribution in [0.5, 0.6) is 0 Å². The van der Waals surface area contributed by atoms with Gasteiger partial charge >= 0.3 is 246 Å². The average molecular weight is 653 g/mol. The van der Waals surface area contributed by atoms with Crippen molar-refractivity contribution in [3.05, 3.63) is 128 Å². The molecule has 0 nitrogen and oxygen atoms in total. The molecule has 0 amide bonds. The van der Waals surface area contributed by atoms with Crippen molar-refractivity contribution in [1.82, 2.24) is 0 Å². The molecule has 0 heterocycles. The molecular weight excluding hydrogens is 619 g/mol. The van der Waals surface area contributed by atoms with E-state index in [4.69, 9.17) is 0 Å². The van der Waals surface area contributed by atoms with Gasteiger partial charge in [0.15, 0.2) is 0 Å². The molecule has 0 saturated heterocycles. The summed E-state index contributed by atoms with van der Waals surface area (Å²) in [7, 11) is 0. The fourth-order valence-electron chi connectivity index (χ4n) is 7.95. The Bertz CT molecular complexity index is 1570. The fraction of sp³-hybridized carbons (Fsp3) is 0.263. The predicted octanol–water partition coefficient (Wildman–Crippen LogP) is 3.70. The summed E-state index contributed by atoms with van der Waals surface area (Å²) in [6.07, 6.45) is 12.7. The Kier molecular flexibility index (Phi) is 8.10. The second-order valence-corrected chi connectivity index (χ2v) is 15.7. The molecule has 4 aromatic carbocycles. The zero-order valence-corrected chi connectivity index (χ0v) is 27.7. The van der Waals surface area contributed by atoms with Gasteiger partial charge in [-0.3, -0.25) is 0 Å². The molecule has 204 valence electrons. The van der Waals surface area contributed by atoms with Gasteiger partial charge in [0.25, 0.3) is 0 Å². The van der Waals surface area contributed by atoms with Gasteiger partial charge in [0.1, 0.15) is 0 Å². The average Bonchev–Trinajstić information content (AvgIpc) is 3.74. The summed E-state index contributed by atoms with van der Waals surface area (Å²) in [5.41, 5.74) is 22.1. The molecule has 2 atom stereocenters. The summed E-state index contributed by atoms with van der Waals surface area (Å²) in [5.74, 6) is 0. The van der Waals surface area contributed by atoms with Crippen LogP contribution in [0.4, 0.5) is 0 Å². The van der Waals surface area contributed by atoms with Crippen LogP contribution in [0.3, 0.4) is 0 Å². The van der Waals surface area contributed by atoms with Crippen molar-refractivity contribution in [2.45, 2.75) is 59.6 Å². The number of halogens is 2. The van der Waals surface area contributed by atoms with E-state index in [1.165, 1.54) is 49.7 Å². The minimum atomic E-state index is -0.883. The Morgan fingerprint density at radius 3 is 1.39 bits per heavy atom. The van der Waals surface area contributed by atoms with Crippen LogP contribution in [0, 0.1) is 0 Å². The standard InChI is InChI=1S/2C19H17.2ClH.Zr/c2*1-13-10-16-12-15-8-5-9-17(15)19(18(16)11-13)14-6-3-2-4-7-14;;;/h2*2-4,6-7,10-12H,5,8-9H2,1H3;2*1H;/q;;;;+2/p-2. The van der Waals surface area contributed by atoms with Crippen LogP contribution in [0.1, 0.15) is 78.4 Å².